The molecule has 1 amide bonds. The number of carbonyl (C=O) groups is 1. The molecule has 0 aromatic heterocycles. The number of morpholine rings is 1. The second-order valence-corrected chi connectivity index (χ2v) is 8.26. The second-order valence-electron chi connectivity index (χ2n) is 6.14. The summed E-state index contributed by atoms with van der Waals surface area (Å²) in [6.45, 7) is 7.04. The van der Waals surface area contributed by atoms with E-state index in [0.717, 1.165) is 5.56 Å². The summed E-state index contributed by atoms with van der Waals surface area (Å²) in [5.41, 5.74) is 1.87. The quantitative estimate of drug-likeness (QED) is 0.834. The van der Waals surface area contributed by atoms with E-state index in [9.17, 15) is 13.2 Å². The Kier molecular flexibility index (Phi) is 5.13. The predicted molar refractivity (Wildman–Crippen MR) is 88.1 cm³/mol. The number of ether oxygens (including phenoxy) is 1. The van der Waals surface area contributed by atoms with E-state index in [1.807, 2.05) is 13.8 Å². The summed E-state index contributed by atoms with van der Waals surface area (Å²) in [6, 6.07) is 3.24. The highest BCUT2D eigenvalue weighted by atomic mass is 32.2. The zero-order chi connectivity index (χ0) is 17.4. The number of carbonyl (C=O) groups excluding carboxylic acids is 1. The Labute approximate surface area is 138 Å². The first-order valence-corrected chi connectivity index (χ1v) is 9.03. The molecule has 0 bridgehead atoms. The molecule has 0 radical (unpaired) electrons. The van der Waals surface area contributed by atoms with Gasteiger partial charge in [-0.1, -0.05) is 0 Å². The van der Waals surface area contributed by atoms with E-state index >= 15 is 0 Å². The van der Waals surface area contributed by atoms with Crippen LogP contribution in [0, 0.1) is 13.8 Å². The van der Waals surface area contributed by atoms with Gasteiger partial charge in [-0.05, 0) is 44.0 Å². The van der Waals surface area contributed by atoms with Gasteiger partial charge in [0.2, 0.25) is 10.0 Å². The van der Waals surface area contributed by atoms with Crippen LogP contribution in [0.1, 0.15) is 28.4 Å². The average molecular weight is 340 g/mol. The zero-order valence-electron chi connectivity index (χ0n) is 14.3. The summed E-state index contributed by atoms with van der Waals surface area (Å²) >= 11 is 0. The van der Waals surface area contributed by atoms with E-state index in [1.54, 1.807) is 17.9 Å². The fourth-order valence-corrected chi connectivity index (χ4v) is 3.82. The van der Waals surface area contributed by atoms with Gasteiger partial charge in [-0.2, -0.15) is 0 Å². The molecule has 23 heavy (non-hydrogen) atoms. The van der Waals surface area contributed by atoms with Crippen molar-refractivity contribution < 1.29 is 17.9 Å². The molecule has 1 heterocycles. The molecule has 1 atom stereocenters. The number of rotatable bonds is 3. The SMILES string of the molecule is Cc1cc(C(=O)N2CCO[C@H](C)C2)cc(S(=O)(=O)N(C)C)c1C. The number of benzene rings is 1. The van der Waals surface area contributed by atoms with Crippen LogP contribution in [-0.4, -0.2) is 63.4 Å². The summed E-state index contributed by atoms with van der Waals surface area (Å²) < 4.78 is 31.6. The van der Waals surface area contributed by atoms with Gasteiger partial charge >= 0.3 is 0 Å². The van der Waals surface area contributed by atoms with E-state index in [2.05, 4.69) is 0 Å². The number of sulfonamides is 1. The third-order valence-corrected chi connectivity index (χ3v) is 6.09. The molecule has 6 nitrogen and oxygen atoms in total. The van der Waals surface area contributed by atoms with Gasteiger partial charge in [0.25, 0.3) is 5.91 Å². The minimum atomic E-state index is -3.59. The van der Waals surface area contributed by atoms with Gasteiger partial charge in [-0.3, -0.25) is 4.79 Å². The highest BCUT2D eigenvalue weighted by Crippen LogP contribution is 2.24. The average Bonchev–Trinajstić information content (AvgIpc) is 2.48. The maximum Gasteiger partial charge on any atom is 0.254 e. The third kappa shape index (κ3) is 3.57. The lowest BCUT2D eigenvalue weighted by atomic mass is 10.0. The van der Waals surface area contributed by atoms with E-state index in [1.165, 1.54) is 24.5 Å². The van der Waals surface area contributed by atoms with Crippen molar-refractivity contribution in [1.82, 2.24) is 9.21 Å². The van der Waals surface area contributed by atoms with Crippen LogP contribution in [0.2, 0.25) is 0 Å². The van der Waals surface area contributed by atoms with Crippen LogP contribution >= 0.6 is 0 Å². The maximum absolute atomic E-state index is 12.7. The molecule has 0 saturated carbocycles. The Hall–Kier alpha value is -1.44. The van der Waals surface area contributed by atoms with E-state index in [0.29, 0.717) is 30.8 Å². The van der Waals surface area contributed by atoms with Crippen LogP contribution in [0.25, 0.3) is 0 Å². The summed E-state index contributed by atoms with van der Waals surface area (Å²) in [7, 11) is -0.613. The molecule has 1 aliphatic rings. The molecule has 1 fully saturated rings. The monoisotopic (exact) mass is 340 g/mol. The number of amides is 1. The first-order chi connectivity index (χ1) is 10.6. The summed E-state index contributed by atoms with van der Waals surface area (Å²) in [6.07, 6.45) is -0.00998. The zero-order valence-corrected chi connectivity index (χ0v) is 15.1. The molecule has 0 aliphatic carbocycles. The Morgan fingerprint density at radius 2 is 1.96 bits per heavy atom. The molecule has 1 saturated heterocycles. The van der Waals surface area contributed by atoms with Gasteiger partial charge in [-0.25, -0.2) is 12.7 Å². The van der Waals surface area contributed by atoms with Crippen molar-refractivity contribution in [3.8, 4) is 0 Å². The Morgan fingerprint density at radius 1 is 1.30 bits per heavy atom. The van der Waals surface area contributed by atoms with Crippen LogP contribution in [0.4, 0.5) is 0 Å². The molecule has 2 rings (SSSR count). The summed E-state index contributed by atoms with van der Waals surface area (Å²) in [5, 5.41) is 0. The maximum atomic E-state index is 12.7. The van der Waals surface area contributed by atoms with Gasteiger partial charge in [0.1, 0.15) is 0 Å². The highest BCUT2D eigenvalue weighted by Gasteiger charge is 2.26. The van der Waals surface area contributed by atoms with Crippen molar-refractivity contribution in [3.63, 3.8) is 0 Å². The van der Waals surface area contributed by atoms with E-state index < -0.39 is 10.0 Å². The molecular formula is C16H24N2O4S. The second kappa shape index (κ2) is 6.59. The first kappa shape index (κ1) is 17.9. The molecule has 1 aromatic rings. The molecular weight excluding hydrogens is 316 g/mol. The van der Waals surface area contributed by atoms with Crippen molar-refractivity contribution in [2.24, 2.45) is 0 Å². The summed E-state index contributed by atoms with van der Waals surface area (Å²) in [5.74, 6) is -0.154. The van der Waals surface area contributed by atoms with Crippen molar-refractivity contribution in [2.75, 3.05) is 33.8 Å². The minimum absolute atomic E-state index is 0.00998. The van der Waals surface area contributed by atoms with Crippen LogP contribution in [0.3, 0.4) is 0 Å². The Balaban J connectivity index is 2.45. The normalized spacial score (nSPS) is 19.2. The van der Waals surface area contributed by atoms with Gasteiger partial charge < -0.3 is 9.64 Å². The van der Waals surface area contributed by atoms with Gasteiger partial charge in [0.15, 0.2) is 0 Å². The minimum Gasteiger partial charge on any atom is -0.375 e. The lowest BCUT2D eigenvalue weighted by molar-refractivity contribution is -0.0124. The van der Waals surface area contributed by atoms with Gasteiger partial charge in [-0.15, -0.1) is 0 Å². The third-order valence-electron chi connectivity index (χ3n) is 4.15. The van der Waals surface area contributed by atoms with Crippen LogP contribution in [0.5, 0.6) is 0 Å². The predicted octanol–water partition coefficient (Wildman–Crippen LogP) is 1.41. The fraction of sp³-hybridized carbons (Fsp3) is 0.562. The Morgan fingerprint density at radius 3 is 2.52 bits per heavy atom. The number of hydrogen-bond donors (Lipinski definition) is 0. The van der Waals surface area contributed by atoms with Crippen molar-refractivity contribution >= 4 is 15.9 Å². The van der Waals surface area contributed by atoms with Crippen molar-refractivity contribution in [2.45, 2.75) is 31.8 Å². The molecule has 0 spiro atoms. The lowest BCUT2D eigenvalue weighted by Crippen LogP contribution is -2.44. The lowest BCUT2D eigenvalue weighted by Gasteiger charge is -2.31. The smallest absolute Gasteiger partial charge is 0.254 e. The standard InChI is InChI=1S/C16H24N2O4S/c1-11-8-14(16(19)18-6-7-22-12(2)10-18)9-15(13(11)3)23(20,21)17(4)5/h8-9,12H,6-7,10H2,1-5H3/t12-/m1/s1. The molecule has 1 aliphatic heterocycles. The molecule has 0 unspecified atom stereocenters. The fourth-order valence-electron chi connectivity index (χ4n) is 2.60. The molecule has 128 valence electrons. The van der Waals surface area contributed by atoms with Crippen molar-refractivity contribution in [1.29, 1.82) is 0 Å². The topological polar surface area (TPSA) is 66.9 Å². The number of hydrogen-bond acceptors (Lipinski definition) is 4. The highest BCUT2D eigenvalue weighted by molar-refractivity contribution is 7.89. The van der Waals surface area contributed by atoms with Crippen LogP contribution < -0.4 is 0 Å². The van der Waals surface area contributed by atoms with Crippen LogP contribution in [-0.2, 0) is 14.8 Å². The molecule has 7 heteroatoms. The largest absolute Gasteiger partial charge is 0.375 e. The van der Waals surface area contributed by atoms with E-state index in [4.69, 9.17) is 4.74 Å². The molecule has 1 aromatic carbocycles. The number of aryl methyl sites for hydroxylation is 1. The van der Waals surface area contributed by atoms with Gasteiger partial charge in [0, 0.05) is 32.7 Å². The van der Waals surface area contributed by atoms with Crippen LogP contribution in [0.15, 0.2) is 17.0 Å². The van der Waals surface area contributed by atoms with Gasteiger partial charge in [0.05, 0.1) is 17.6 Å². The Bertz CT molecular complexity index is 713. The van der Waals surface area contributed by atoms with Crippen molar-refractivity contribution in [3.05, 3.63) is 28.8 Å². The molecule has 0 N–H and O–H groups in total. The number of nitrogens with zero attached hydrogens (tertiary/aromatic N) is 2. The first-order valence-electron chi connectivity index (χ1n) is 7.59. The van der Waals surface area contributed by atoms with E-state index in [-0.39, 0.29) is 16.9 Å². The summed E-state index contributed by atoms with van der Waals surface area (Å²) in [4.78, 5) is 14.6.